The predicted octanol–water partition coefficient (Wildman–Crippen LogP) is -0.397. The van der Waals surface area contributed by atoms with Crippen molar-refractivity contribution >= 4 is 24.9 Å². The lowest BCUT2D eigenvalue weighted by Crippen LogP contribution is -2.31. The van der Waals surface area contributed by atoms with Gasteiger partial charge >= 0.3 is 0 Å². The van der Waals surface area contributed by atoms with E-state index in [1.807, 2.05) is 6.82 Å². The number of hydrogen-bond acceptors (Lipinski definition) is 4. The van der Waals surface area contributed by atoms with Crippen molar-refractivity contribution in [3.05, 3.63) is 11.5 Å². The highest BCUT2D eigenvalue weighted by Gasteiger charge is 2.09. The van der Waals surface area contributed by atoms with Crippen molar-refractivity contribution in [2.24, 2.45) is 0 Å². The number of carbonyl (C=O) groups is 3. The van der Waals surface area contributed by atoms with Crippen molar-refractivity contribution in [3.63, 3.8) is 0 Å². The van der Waals surface area contributed by atoms with Crippen LogP contribution in [0.3, 0.4) is 0 Å². The van der Waals surface area contributed by atoms with Crippen LogP contribution in [0.2, 0.25) is 6.82 Å². The Hall–Kier alpha value is -1.63. The van der Waals surface area contributed by atoms with E-state index in [1.54, 1.807) is 7.11 Å². The molecule has 6 nitrogen and oxygen atoms in total. The van der Waals surface area contributed by atoms with Gasteiger partial charge in [-0.25, -0.2) is 0 Å². The molecule has 0 fully saturated rings. The maximum absolute atomic E-state index is 11.7. The van der Waals surface area contributed by atoms with Crippen LogP contribution in [-0.2, 0) is 19.1 Å². The summed E-state index contributed by atoms with van der Waals surface area (Å²) in [5.74, 6) is -0.475. The molecule has 0 saturated carbocycles. The van der Waals surface area contributed by atoms with E-state index in [2.05, 4.69) is 10.6 Å². The van der Waals surface area contributed by atoms with E-state index in [4.69, 9.17) is 4.74 Å². The molecule has 7 heteroatoms. The largest absolute Gasteiger partial charge is 0.383 e. The summed E-state index contributed by atoms with van der Waals surface area (Å²) < 4.78 is 4.83. The molecule has 0 aliphatic rings. The molecule has 0 radical (unpaired) electrons. The molecule has 0 spiro atoms. The Morgan fingerprint density at radius 1 is 1.20 bits per heavy atom. The highest BCUT2D eigenvalue weighted by Crippen LogP contribution is 1.93. The number of ether oxygens (including phenoxy) is 1. The van der Waals surface area contributed by atoms with Gasteiger partial charge in [0, 0.05) is 32.7 Å². The highest BCUT2D eigenvalue weighted by atomic mass is 16.5. The third-order valence-electron chi connectivity index (χ3n) is 2.57. The average molecular weight is 282 g/mol. The van der Waals surface area contributed by atoms with Crippen LogP contribution in [0.25, 0.3) is 0 Å². The monoisotopic (exact) mass is 282 g/mol. The van der Waals surface area contributed by atoms with Gasteiger partial charge in [0.25, 0.3) is 0 Å². The van der Waals surface area contributed by atoms with Crippen LogP contribution in [0.4, 0.5) is 0 Å². The molecule has 2 N–H and O–H groups in total. The molecule has 0 unspecified atom stereocenters. The Balaban J connectivity index is 4.16. The first kappa shape index (κ1) is 18.4. The molecule has 0 saturated heterocycles. The van der Waals surface area contributed by atoms with Gasteiger partial charge in [-0.3, -0.25) is 9.59 Å². The van der Waals surface area contributed by atoms with Gasteiger partial charge in [0.2, 0.25) is 11.8 Å². The molecule has 0 aromatic carbocycles. The van der Waals surface area contributed by atoms with Gasteiger partial charge in [0.05, 0.1) is 6.61 Å². The van der Waals surface area contributed by atoms with Crippen molar-refractivity contribution < 1.29 is 19.1 Å². The van der Waals surface area contributed by atoms with Gasteiger partial charge in [-0.05, 0) is 18.8 Å². The van der Waals surface area contributed by atoms with Crippen LogP contribution in [0.1, 0.15) is 19.8 Å². The molecule has 20 heavy (non-hydrogen) atoms. The number of rotatable bonds is 10. The minimum absolute atomic E-state index is 0.0987. The molecule has 0 aromatic rings. The van der Waals surface area contributed by atoms with Crippen molar-refractivity contribution in [2.75, 3.05) is 26.8 Å². The van der Waals surface area contributed by atoms with Gasteiger partial charge < -0.3 is 20.2 Å². The molecule has 0 rings (SSSR count). The lowest BCUT2D eigenvalue weighted by Gasteiger charge is -2.07. The molecule has 112 valence electrons. The van der Waals surface area contributed by atoms with Crippen molar-refractivity contribution in [1.29, 1.82) is 0 Å². The second kappa shape index (κ2) is 11.2. The van der Waals surface area contributed by atoms with E-state index < -0.39 is 0 Å². The second-order valence-corrected chi connectivity index (χ2v) is 4.37. The summed E-state index contributed by atoms with van der Waals surface area (Å²) in [6.07, 6.45) is 2.36. The van der Waals surface area contributed by atoms with Crippen LogP contribution in [0.5, 0.6) is 0 Å². The van der Waals surface area contributed by atoms with E-state index in [0.717, 1.165) is 0 Å². The highest BCUT2D eigenvalue weighted by molar-refractivity contribution is 6.53. The fourth-order valence-electron chi connectivity index (χ4n) is 1.47. The minimum Gasteiger partial charge on any atom is -0.383 e. The van der Waals surface area contributed by atoms with Crippen LogP contribution in [0, 0.1) is 0 Å². The molecule has 0 aliphatic heterocycles. The maximum Gasteiger partial charge on any atom is 0.243 e. The first-order valence-electron chi connectivity index (χ1n) is 6.76. The summed E-state index contributed by atoms with van der Waals surface area (Å²) in [5.41, 5.74) is 0.421. The first-order valence-corrected chi connectivity index (χ1v) is 6.76. The predicted molar refractivity (Wildman–Crippen MR) is 78.9 cm³/mol. The van der Waals surface area contributed by atoms with Crippen LogP contribution < -0.4 is 10.6 Å². The van der Waals surface area contributed by atoms with E-state index in [1.165, 1.54) is 13.0 Å². The molecule has 0 atom stereocenters. The summed E-state index contributed by atoms with van der Waals surface area (Å²) >= 11 is 0. The van der Waals surface area contributed by atoms with Crippen LogP contribution >= 0.6 is 0 Å². The molecule has 0 aliphatic carbocycles. The van der Waals surface area contributed by atoms with E-state index in [0.29, 0.717) is 45.3 Å². The van der Waals surface area contributed by atoms with E-state index in [-0.39, 0.29) is 17.6 Å². The summed E-state index contributed by atoms with van der Waals surface area (Å²) in [6, 6.07) is 0. The number of methoxy groups -OCH3 is 1. The van der Waals surface area contributed by atoms with Gasteiger partial charge in [-0.15, -0.1) is 0 Å². The molecule has 0 heterocycles. The third kappa shape index (κ3) is 9.32. The SMILES string of the molecule is CB/C(=C/C(=O)NCCCC(C)=O)C(=O)NCCOC. The Kier molecular flexibility index (Phi) is 10.3. The maximum atomic E-state index is 11.7. The molecule has 2 amide bonds. The summed E-state index contributed by atoms with van der Waals surface area (Å²) in [5, 5.41) is 5.32. The first-order chi connectivity index (χ1) is 9.51. The molecule has 0 bridgehead atoms. The number of Topliss-reactive ketones (excluding diaryl/α,β-unsaturated/α-hetero) is 1. The van der Waals surface area contributed by atoms with Crippen LogP contribution in [-0.4, -0.2) is 51.7 Å². The molecule has 0 aromatic heterocycles. The quantitative estimate of drug-likeness (QED) is 0.324. The van der Waals surface area contributed by atoms with Crippen LogP contribution in [0.15, 0.2) is 11.5 Å². The molecular weight excluding hydrogens is 259 g/mol. The van der Waals surface area contributed by atoms with E-state index >= 15 is 0 Å². The number of nitrogens with one attached hydrogen (secondary N) is 2. The number of hydrogen-bond donors (Lipinski definition) is 2. The fraction of sp³-hybridized carbons (Fsp3) is 0.615. The zero-order chi connectivity index (χ0) is 15.4. The Bertz CT molecular complexity index is 369. The van der Waals surface area contributed by atoms with E-state index in [9.17, 15) is 14.4 Å². The Labute approximate surface area is 120 Å². The number of ketones is 1. The van der Waals surface area contributed by atoms with Crippen molar-refractivity contribution in [2.45, 2.75) is 26.6 Å². The topological polar surface area (TPSA) is 84.5 Å². The zero-order valence-electron chi connectivity index (χ0n) is 12.5. The average Bonchev–Trinajstić information content (AvgIpc) is 2.40. The Morgan fingerprint density at radius 3 is 2.45 bits per heavy atom. The summed E-state index contributed by atoms with van der Waals surface area (Å²) in [6.45, 7) is 4.59. The lowest BCUT2D eigenvalue weighted by atomic mass is 9.71. The smallest absolute Gasteiger partial charge is 0.243 e. The normalized spacial score (nSPS) is 10.8. The molecular formula is C13H23BN2O4. The van der Waals surface area contributed by atoms with Gasteiger partial charge in [-0.2, -0.15) is 0 Å². The fourth-order valence-corrected chi connectivity index (χ4v) is 1.47. The van der Waals surface area contributed by atoms with Crippen molar-refractivity contribution in [1.82, 2.24) is 10.6 Å². The standard InChI is InChI=1S/C13H23BN2O4/c1-10(17)5-4-6-15-12(18)9-11(14-2)13(19)16-7-8-20-3/h9,14H,4-8H2,1-3H3,(H,15,18)(H,16,19)/b11-9+. The van der Waals surface area contributed by atoms with Gasteiger partial charge in [0.1, 0.15) is 5.78 Å². The van der Waals surface area contributed by atoms with Gasteiger partial charge in [-0.1, -0.05) is 6.82 Å². The Morgan fingerprint density at radius 2 is 1.90 bits per heavy atom. The third-order valence-corrected chi connectivity index (χ3v) is 2.57. The summed E-state index contributed by atoms with van der Waals surface area (Å²) in [4.78, 5) is 34.1. The van der Waals surface area contributed by atoms with Gasteiger partial charge in [0.15, 0.2) is 7.28 Å². The second-order valence-electron chi connectivity index (χ2n) is 4.37. The van der Waals surface area contributed by atoms with Crippen molar-refractivity contribution in [3.8, 4) is 0 Å². The zero-order valence-corrected chi connectivity index (χ0v) is 12.5. The number of carbonyl (C=O) groups excluding carboxylic acids is 3. The summed E-state index contributed by atoms with van der Waals surface area (Å²) in [7, 11) is 2.02. The minimum atomic E-state index is -0.313. The lowest BCUT2D eigenvalue weighted by molar-refractivity contribution is -0.119. The number of amides is 2.